The van der Waals surface area contributed by atoms with Gasteiger partial charge in [0.2, 0.25) is 11.8 Å². The van der Waals surface area contributed by atoms with Crippen molar-refractivity contribution in [2.75, 3.05) is 5.32 Å². The van der Waals surface area contributed by atoms with Crippen molar-refractivity contribution in [3.8, 4) is 17.1 Å². The third-order valence-corrected chi connectivity index (χ3v) is 3.15. The van der Waals surface area contributed by atoms with Crippen molar-refractivity contribution in [2.45, 2.75) is 13.5 Å². The topological polar surface area (TPSA) is 64.4 Å². The number of hydrogen-bond donors (Lipinski definition) is 1. The van der Waals surface area contributed by atoms with Crippen LogP contribution >= 0.6 is 0 Å². The highest BCUT2D eigenvalue weighted by molar-refractivity contribution is 5.88. The number of ether oxygens (including phenoxy) is 1. The second-order valence-electron chi connectivity index (χ2n) is 4.98. The number of rotatable bonds is 5. The number of benzene rings is 2. The molecule has 1 N–H and O–H groups in total. The van der Waals surface area contributed by atoms with Crippen molar-refractivity contribution in [2.24, 2.45) is 0 Å². The van der Waals surface area contributed by atoms with E-state index in [1.165, 1.54) is 6.92 Å². The summed E-state index contributed by atoms with van der Waals surface area (Å²) in [5.41, 5.74) is 1.71. The summed E-state index contributed by atoms with van der Waals surface area (Å²) >= 11 is 0. The van der Waals surface area contributed by atoms with Gasteiger partial charge in [0.15, 0.2) is 12.4 Å². The fourth-order valence-corrected chi connectivity index (χ4v) is 2.10. The van der Waals surface area contributed by atoms with E-state index in [1.54, 1.807) is 30.5 Å². The maximum atomic E-state index is 11.0. The first-order chi connectivity index (χ1) is 11.2. The largest absolute Gasteiger partial charge is 0.484 e. The third-order valence-electron chi connectivity index (χ3n) is 3.15. The van der Waals surface area contributed by atoms with Gasteiger partial charge in [-0.2, -0.15) is 0 Å². The van der Waals surface area contributed by atoms with E-state index in [2.05, 4.69) is 10.3 Å². The van der Waals surface area contributed by atoms with Crippen molar-refractivity contribution in [3.63, 3.8) is 0 Å². The van der Waals surface area contributed by atoms with E-state index in [1.807, 2.05) is 30.3 Å². The van der Waals surface area contributed by atoms with Gasteiger partial charge in [0, 0.05) is 18.2 Å². The Bertz CT molecular complexity index is 780. The van der Waals surface area contributed by atoms with Gasteiger partial charge >= 0.3 is 0 Å². The molecule has 0 aliphatic heterocycles. The normalized spacial score (nSPS) is 10.3. The van der Waals surface area contributed by atoms with Crippen LogP contribution in [0.4, 0.5) is 5.69 Å². The number of nitrogens with one attached hydrogen (secondary N) is 1. The van der Waals surface area contributed by atoms with Crippen molar-refractivity contribution in [1.82, 2.24) is 4.98 Å². The van der Waals surface area contributed by atoms with Gasteiger partial charge < -0.3 is 14.5 Å². The molecular formula is C18H16N2O3. The molecule has 5 heteroatoms. The van der Waals surface area contributed by atoms with Crippen LogP contribution in [-0.2, 0) is 11.4 Å². The smallest absolute Gasteiger partial charge is 0.232 e. The van der Waals surface area contributed by atoms with Crippen LogP contribution in [0.2, 0.25) is 0 Å². The number of anilines is 1. The van der Waals surface area contributed by atoms with E-state index in [4.69, 9.17) is 9.15 Å². The molecule has 23 heavy (non-hydrogen) atoms. The average molecular weight is 308 g/mol. The standard InChI is InChI=1S/C18H16N2O3/c1-13(21)20-15-7-9-16(10-8-15)22-12-18-19-11-17(23-18)14-5-3-2-4-6-14/h2-11H,12H2,1H3,(H,20,21). The molecule has 0 bridgehead atoms. The molecule has 3 aromatic rings. The molecule has 0 unspecified atom stereocenters. The van der Waals surface area contributed by atoms with Crippen LogP contribution in [0.5, 0.6) is 5.75 Å². The van der Waals surface area contributed by atoms with E-state index in [0.29, 0.717) is 17.4 Å². The summed E-state index contributed by atoms with van der Waals surface area (Å²) in [6.45, 7) is 1.71. The summed E-state index contributed by atoms with van der Waals surface area (Å²) < 4.78 is 11.3. The highest BCUT2D eigenvalue weighted by atomic mass is 16.5. The van der Waals surface area contributed by atoms with Crippen molar-refractivity contribution < 1.29 is 13.9 Å². The Balaban J connectivity index is 1.60. The Hall–Kier alpha value is -3.08. The van der Waals surface area contributed by atoms with Crippen LogP contribution < -0.4 is 10.1 Å². The Kier molecular flexibility index (Phi) is 4.38. The zero-order chi connectivity index (χ0) is 16.1. The van der Waals surface area contributed by atoms with Crippen molar-refractivity contribution >= 4 is 11.6 Å². The lowest BCUT2D eigenvalue weighted by atomic mass is 10.2. The van der Waals surface area contributed by atoms with E-state index in [-0.39, 0.29) is 12.5 Å². The lowest BCUT2D eigenvalue weighted by Crippen LogP contribution is -2.05. The minimum atomic E-state index is -0.105. The van der Waals surface area contributed by atoms with Crippen LogP contribution in [0.1, 0.15) is 12.8 Å². The molecule has 3 rings (SSSR count). The van der Waals surface area contributed by atoms with Gasteiger partial charge in [0.05, 0.1) is 6.20 Å². The van der Waals surface area contributed by atoms with Crippen LogP contribution in [0.15, 0.2) is 65.2 Å². The molecule has 2 aromatic carbocycles. The lowest BCUT2D eigenvalue weighted by Gasteiger charge is -2.05. The zero-order valence-electron chi connectivity index (χ0n) is 12.7. The molecule has 0 saturated heterocycles. The van der Waals surface area contributed by atoms with Crippen LogP contribution in [-0.4, -0.2) is 10.9 Å². The number of carbonyl (C=O) groups excluding carboxylic acids is 1. The molecule has 0 atom stereocenters. The molecule has 5 nitrogen and oxygen atoms in total. The molecule has 0 aliphatic rings. The number of aromatic nitrogens is 1. The first kappa shape index (κ1) is 14.8. The fourth-order valence-electron chi connectivity index (χ4n) is 2.10. The minimum Gasteiger partial charge on any atom is -0.484 e. The molecule has 1 heterocycles. The highest BCUT2D eigenvalue weighted by Crippen LogP contribution is 2.21. The van der Waals surface area contributed by atoms with Crippen LogP contribution in [0.25, 0.3) is 11.3 Å². The summed E-state index contributed by atoms with van der Waals surface area (Å²) in [4.78, 5) is 15.2. The number of oxazole rings is 1. The van der Waals surface area contributed by atoms with E-state index >= 15 is 0 Å². The van der Waals surface area contributed by atoms with Crippen LogP contribution in [0.3, 0.4) is 0 Å². The maximum Gasteiger partial charge on any atom is 0.232 e. The summed E-state index contributed by atoms with van der Waals surface area (Å²) in [5, 5.41) is 2.70. The third kappa shape index (κ3) is 3.97. The number of carbonyl (C=O) groups is 1. The molecule has 0 aliphatic carbocycles. The summed E-state index contributed by atoms with van der Waals surface area (Å²) in [6.07, 6.45) is 1.69. The quantitative estimate of drug-likeness (QED) is 0.777. The average Bonchev–Trinajstić information content (AvgIpc) is 3.04. The van der Waals surface area contributed by atoms with E-state index in [9.17, 15) is 4.79 Å². The molecule has 0 radical (unpaired) electrons. The molecule has 1 amide bonds. The second kappa shape index (κ2) is 6.79. The van der Waals surface area contributed by atoms with Gasteiger partial charge in [0.25, 0.3) is 0 Å². The molecule has 1 aromatic heterocycles. The lowest BCUT2D eigenvalue weighted by molar-refractivity contribution is -0.114. The second-order valence-corrected chi connectivity index (χ2v) is 4.98. The van der Waals surface area contributed by atoms with Crippen molar-refractivity contribution in [3.05, 3.63) is 66.7 Å². The first-order valence-corrected chi connectivity index (χ1v) is 7.21. The van der Waals surface area contributed by atoms with Gasteiger partial charge in [-0.05, 0) is 24.3 Å². The summed E-state index contributed by atoms with van der Waals surface area (Å²) in [7, 11) is 0. The van der Waals surface area contributed by atoms with Gasteiger partial charge in [-0.25, -0.2) is 4.98 Å². The number of hydrogen-bond acceptors (Lipinski definition) is 4. The summed E-state index contributed by atoms with van der Waals surface area (Å²) in [5.74, 6) is 1.80. The number of nitrogens with zero attached hydrogens (tertiary/aromatic N) is 1. The van der Waals surface area contributed by atoms with Gasteiger partial charge in [0.1, 0.15) is 5.75 Å². The monoisotopic (exact) mass is 308 g/mol. The first-order valence-electron chi connectivity index (χ1n) is 7.21. The molecule has 0 fully saturated rings. The van der Waals surface area contributed by atoms with E-state index < -0.39 is 0 Å². The zero-order valence-corrected chi connectivity index (χ0v) is 12.7. The summed E-state index contributed by atoms with van der Waals surface area (Å²) in [6, 6.07) is 16.9. The van der Waals surface area contributed by atoms with Gasteiger partial charge in [-0.1, -0.05) is 30.3 Å². The van der Waals surface area contributed by atoms with Crippen LogP contribution in [0, 0.1) is 0 Å². The van der Waals surface area contributed by atoms with Gasteiger partial charge in [-0.3, -0.25) is 4.79 Å². The Morgan fingerprint density at radius 1 is 1.13 bits per heavy atom. The maximum absolute atomic E-state index is 11.0. The molecular weight excluding hydrogens is 292 g/mol. The number of amides is 1. The Morgan fingerprint density at radius 2 is 1.87 bits per heavy atom. The van der Waals surface area contributed by atoms with E-state index in [0.717, 1.165) is 11.3 Å². The Labute approximate surface area is 133 Å². The molecule has 0 spiro atoms. The predicted molar refractivity (Wildman–Crippen MR) is 87.0 cm³/mol. The predicted octanol–water partition coefficient (Wildman–Crippen LogP) is 3.88. The Morgan fingerprint density at radius 3 is 2.57 bits per heavy atom. The molecule has 116 valence electrons. The highest BCUT2D eigenvalue weighted by Gasteiger charge is 2.06. The minimum absolute atomic E-state index is 0.105. The SMILES string of the molecule is CC(=O)Nc1ccc(OCc2ncc(-c3ccccc3)o2)cc1. The molecule has 0 saturated carbocycles. The van der Waals surface area contributed by atoms with Crippen molar-refractivity contribution in [1.29, 1.82) is 0 Å². The van der Waals surface area contributed by atoms with Gasteiger partial charge in [-0.15, -0.1) is 0 Å². The fraction of sp³-hybridized carbons (Fsp3) is 0.111.